The van der Waals surface area contributed by atoms with Crippen LogP contribution in [-0.2, 0) is 9.63 Å². The fourth-order valence-electron chi connectivity index (χ4n) is 3.34. The summed E-state index contributed by atoms with van der Waals surface area (Å²) in [6, 6.07) is 16.7. The number of carbonyl (C=O) groups is 1. The predicted molar refractivity (Wildman–Crippen MR) is 120 cm³/mol. The maximum atomic E-state index is 12.8. The van der Waals surface area contributed by atoms with Crippen LogP contribution in [0.4, 0.5) is 5.69 Å². The molecule has 0 bridgehead atoms. The van der Waals surface area contributed by atoms with Crippen molar-refractivity contribution in [2.24, 2.45) is 5.28 Å². The number of hydrogen-bond donors (Lipinski definition) is 1. The van der Waals surface area contributed by atoms with Gasteiger partial charge in [0.15, 0.2) is 5.82 Å². The fourth-order valence-corrected chi connectivity index (χ4v) is 4.32. The molecule has 3 heterocycles. The van der Waals surface area contributed by atoms with Crippen molar-refractivity contribution in [3.8, 4) is 21.9 Å². The number of aryl methyl sites for hydroxylation is 1. The molecule has 0 saturated heterocycles. The molecule has 1 aliphatic heterocycles. The first kappa shape index (κ1) is 20.6. The Kier molecular flexibility index (Phi) is 5.23. The number of H-pyrrole nitrogens is 1. The third-order valence-corrected chi connectivity index (χ3v) is 6.08. The van der Waals surface area contributed by atoms with Crippen molar-refractivity contribution in [3.63, 3.8) is 0 Å². The number of aromatic nitrogens is 4. The summed E-state index contributed by atoms with van der Waals surface area (Å²) in [5.74, 6) is 1.49. The van der Waals surface area contributed by atoms with Crippen molar-refractivity contribution in [2.75, 3.05) is 14.2 Å². The molecule has 0 spiro atoms. The quantitative estimate of drug-likeness (QED) is 0.466. The summed E-state index contributed by atoms with van der Waals surface area (Å²) in [5, 5.41) is 16.1. The number of nitrogens with zero attached hydrogens (tertiary/aromatic N) is 5. The largest absolute Gasteiger partial charge is 0.497 e. The summed E-state index contributed by atoms with van der Waals surface area (Å²) >= 11 is 1.43. The standard InChI is InChI=1S/C22H18N6O4S/c1-13-23-24-22-27(13)25-18(12-19(33-22)14-4-8-16(30-2)9-5-14)20-21(29)32-26-28(20)15-6-10-17(31-3)11-7-15/h4-12H,1-3H3/p+1. The van der Waals surface area contributed by atoms with E-state index in [1.165, 1.54) is 16.0 Å². The molecular weight excluding hydrogens is 444 g/mol. The Bertz CT molecular complexity index is 1480. The van der Waals surface area contributed by atoms with Crippen molar-refractivity contribution in [2.45, 2.75) is 6.92 Å². The molecule has 2 aromatic carbocycles. The van der Waals surface area contributed by atoms with Crippen molar-refractivity contribution in [3.05, 3.63) is 65.8 Å². The molecule has 11 heteroatoms. The van der Waals surface area contributed by atoms with Crippen molar-refractivity contribution < 1.29 is 23.8 Å². The summed E-state index contributed by atoms with van der Waals surface area (Å²) in [5.41, 5.74) is 1.80. The summed E-state index contributed by atoms with van der Waals surface area (Å²) < 4.78 is 13.7. The molecule has 0 unspecified atom stereocenters. The molecule has 0 amide bonds. The van der Waals surface area contributed by atoms with Gasteiger partial charge in [0.2, 0.25) is 15.9 Å². The van der Waals surface area contributed by atoms with Crippen LogP contribution >= 0.6 is 11.3 Å². The highest BCUT2D eigenvalue weighted by Gasteiger charge is 2.38. The zero-order valence-corrected chi connectivity index (χ0v) is 18.8. The number of fused-ring (bicyclic) bond motifs is 1. The van der Waals surface area contributed by atoms with Gasteiger partial charge in [-0.1, -0.05) is 11.3 Å². The lowest BCUT2D eigenvalue weighted by molar-refractivity contribution is -0.428. The summed E-state index contributed by atoms with van der Waals surface area (Å²) in [6.07, 6.45) is 0. The van der Waals surface area contributed by atoms with E-state index in [-0.39, 0.29) is 5.70 Å². The van der Waals surface area contributed by atoms with E-state index >= 15 is 0 Å². The van der Waals surface area contributed by atoms with Crippen LogP contribution in [0.2, 0.25) is 0 Å². The second kappa shape index (κ2) is 8.36. The summed E-state index contributed by atoms with van der Waals surface area (Å²) in [7, 11) is 3.21. The van der Waals surface area contributed by atoms with E-state index < -0.39 is 5.97 Å². The molecule has 0 fully saturated rings. The fraction of sp³-hybridized carbons (Fsp3) is 0.136. The molecule has 5 rings (SSSR count). The minimum absolute atomic E-state index is 0.229. The van der Waals surface area contributed by atoms with E-state index in [1.54, 1.807) is 43.0 Å². The minimum Gasteiger partial charge on any atom is -0.497 e. The Morgan fingerprint density at radius 3 is 2.33 bits per heavy atom. The van der Waals surface area contributed by atoms with Gasteiger partial charge in [0, 0.05) is 17.0 Å². The Morgan fingerprint density at radius 2 is 1.67 bits per heavy atom. The van der Waals surface area contributed by atoms with Crippen molar-refractivity contribution in [1.29, 1.82) is 0 Å². The Labute approximate surface area is 191 Å². The highest BCUT2D eigenvalue weighted by molar-refractivity contribution is 7.19. The van der Waals surface area contributed by atoms with Gasteiger partial charge in [-0.3, -0.25) is 9.94 Å². The molecule has 33 heavy (non-hydrogen) atoms. The van der Waals surface area contributed by atoms with Gasteiger partial charge in [0.1, 0.15) is 16.8 Å². The molecular formula is C22H19N6O4S+. The van der Waals surface area contributed by atoms with Gasteiger partial charge >= 0.3 is 11.7 Å². The van der Waals surface area contributed by atoms with Crippen LogP contribution in [0.3, 0.4) is 0 Å². The van der Waals surface area contributed by atoms with Crippen LogP contribution in [-0.4, -0.2) is 44.7 Å². The minimum atomic E-state index is -0.585. The lowest BCUT2D eigenvalue weighted by Gasteiger charge is -2.01. The topological polar surface area (TPSA) is 106 Å². The smallest absolute Gasteiger partial charge is 0.440 e. The number of rotatable bonds is 4. The van der Waals surface area contributed by atoms with Crippen LogP contribution in [0.1, 0.15) is 5.82 Å². The molecule has 2 aromatic heterocycles. The first-order valence-corrected chi connectivity index (χ1v) is 10.7. The maximum Gasteiger partial charge on any atom is 0.440 e. The zero-order valence-electron chi connectivity index (χ0n) is 18.0. The normalized spacial score (nSPS) is 14.8. The van der Waals surface area contributed by atoms with Gasteiger partial charge in [-0.15, -0.1) is 10.2 Å². The van der Waals surface area contributed by atoms with Crippen LogP contribution in [0, 0.1) is 6.92 Å². The average Bonchev–Trinajstić information content (AvgIpc) is 3.33. The van der Waals surface area contributed by atoms with Crippen LogP contribution in [0.25, 0.3) is 21.1 Å². The monoisotopic (exact) mass is 463 g/mol. The first-order valence-electron chi connectivity index (χ1n) is 9.91. The zero-order chi connectivity index (χ0) is 22.9. The second-order valence-electron chi connectivity index (χ2n) is 7.05. The second-order valence-corrected chi connectivity index (χ2v) is 8.06. The molecule has 0 saturated carbocycles. The van der Waals surface area contributed by atoms with E-state index in [1.807, 2.05) is 37.3 Å². The Balaban J connectivity index is 1.78. The average molecular weight is 463 g/mol. The number of ether oxygens (including phenoxy) is 2. The van der Waals surface area contributed by atoms with E-state index in [9.17, 15) is 4.79 Å². The molecule has 0 radical (unpaired) electrons. The third kappa shape index (κ3) is 3.78. The molecule has 10 nitrogen and oxygen atoms in total. The van der Waals surface area contributed by atoms with Gasteiger partial charge in [-0.2, -0.15) is 0 Å². The highest BCUT2D eigenvalue weighted by Crippen LogP contribution is 2.28. The number of nitrogens with one attached hydrogen (secondary N) is 1. The molecule has 166 valence electrons. The summed E-state index contributed by atoms with van der Waals surface area (Å²) in [4.78, 5) is 19.3. The number of benzene rings is 2. The maximum absolute atomic E-state index is 12.8. The number of carbonyl (C=O) groups excluding carboxylic acids is 1. The van der Waals surface area contributed by atoms with Gasteiger partial charge in [-0.25, -0.2) is 9.31 Å². The molecule has 0 atom stereocenters. The molecule has 0 aliphatic carbocycles. The number of aromatic amines is 1. The third-order valence-electron chi connectivity index (χ3n) is 5.06. The van der Waals surface area contributed by atoms with E-state index in [2.05, 4.69) is 20.6 Å². The van der Waals surface area contributed by atoms with Gasteiger partial charge < -0.3 is 9.47 Å². The SMILES string of the molecule is COc1ccc(-c2c/c(=C3/C(=O)ON=[N+]3c3ccc(OC)cc3)[nH]n3c(C)nnc3s2)cc1. The van der Waals surface area contributed by atoms with Gasteiger partial charge in [0.25, 0.3) is 0 Å². The van der Waals surface area contributed by atoms with E-state index in [0.29, 0.717) is 27.6 Å². The molecule has 1 aliphatic rings. The summed E-state index contributed by atoms with van der Waals surface area (Å²) in [6.45, 7) is 1.82. The first-order chi connectivity index (χ1) is 16.1. The Morgan fingerprint density at radius 1 is 1.00 bits per heavy atom. The van der Waals surface area contributed by atoms with E-state index in [4.69, 9.17) is 14.3 Å². The predicted octanol–water partition coefficient (Wildman–Crippen LogP) is 3.33. The lowest BCUT2D eigenvalue weighted by atomic mass is 10.2. The lowest BCUT2D eigenvalue weighted by Crippen LogP contribution is -2.21. The number of methoxy groups -OCH3 is 2. The van der Waals surface area contributed by atoms with Gasteiger partial charge in [-0.05, 0) is 59.6 Å². The van der Waals surface area contributed by atoms with E-state index in [0.717, 1.165) is 16.2 Å². The molecule has 1 N–H and O–H groups in total. The van der Waals surface area contributed by atoms with Crippen LogP contribution in [0.5, 0.6) is 11.5 Å². The van der Waals surface area contributed by atoms with Crippen molar-refractivity contribution >= 4 is 33.7 Å². The number of hydrogen-bond acceptors (Lipinski definition) is 8. The van der Waals surface area contributed by atoms with Crippen LogP contribution in [0.15, 0.2) is 59.9 Å². The van der Waals surface area contributed by atoms with Crippen LogP contribution < -0.4 is 14.8 Å². The van der Waals surface area contributed by atoms with Crippen molar-refractivity contribution in [1.82, 2.24) is 19.8 Å². The highest BCUT2D eigenvalue weighted by atomic mass is 32.1. The molecule has 4 aromatic rings. The Hall–Kier alpha value is -4.25. The van der Waals surface area contributed by atoms with Gasteiger partial charge in [0.05, 0.1) is 14.2 Å².